The van der Waals surface area contributed by atoms with Gasteiger partial charge in [-0.05, 0) is 37.6 Å². The van der Waals surface area contributed by atoms with Crippen molar-refractivity contribution in [3.8, 4) is 11.4 Å². The molecule has 0 aliphatic heterocycles. The van der Waals surface area contributed by atoms with Gasteiger partial charge in [-0.15, -0.1) is 0 Å². The van der Waals surface area contributed by atoms with E-state index in [1.165, 1.54) is 18.5 Å². The van der Waals surface area contributed by atoms with Crippen molar-refractivity contribution in [3.05, 3.63) is 42.2 Å². The summed E-state index contributed by atoms with van der Waals surface area (Å²) in [6.45, 7) is 3.01. The molecule has 0 unspecified atom stereocenters. The Kier molecular flexibility index (Phi) is 7.98. The van der Waals surface area contributed by atoms with E-state index >= 15 is 0 Å². The highest BCUT2D eigenvalue weighted by atomic mass is 16.4. The van der Waals surface area contributed by atoms with Crippen molar-refractivity contribution in [3.63, 3.8) is 0 Å². The highest BCUT2D eigenvalue weighted by molar-refractivity contribution is 5.97. The molecule has 2 rings (SSSR count). The zero-order chi connectivity index (χ0) is 22.1. The molecule has 1 atom stereocenters. The Morgan fingerprint density at radius 2 is 1.70 bits per heavy atom. The fraction of sp³-hybridized carbons (Fsp3) is 0.300. The molecule has 0 bridgehead atoms. The molecule has 0 fully saturated rings. The van der Waals surface area contributed by atoms with Crippen molar-refractivity contribution in [2.75, 3.05) is 11.9 Å². The lowest BCUT2D eigenvalue weighted by molar-refractivity contribution is -0.135. The average Bonchev–Trinajstić information content (AvgIpc) is 2.72. The summed E-state index contributed by atoms with van der Waals surface area (Å²) in [4.78, 5) is 54.5. The Bertz CT molecular complexity index is 912. The van der Waals surface area contributed by atoms with Crippen molar-refractivity contribution >= 4 is 29.4 Å². The molecule has 10 heteroatoms. The van der Waals surface area contributed by atoms with Crippen molar-refractivity contribution in [1.82, 2.24) is 20.6 Å². The van der Waals surface area contributed by atoms with Gasteiger partial charge >= 0.3 is 5.97 Å². The Balaban J connectivity index is 1.96. The highest BCUT2D eigenvalue weighted by Gasteiger charge is 2.15. The summed E-state index contributed by atoms with van der Waals surface area (Å²) in [6, 6.07) is 5.72. The summed E-state index contributed by atoms with van der Waals surface area (Å²) in [5, 5.41) is 16.1. The molecule has 0 spiro atoms. The first-order chi connectivity index (χ1) is 14.3. The molecule has 0 aromatic carbocycles. The van der Waals surface area contributed by atoms with Gasteiger partial charge < -0.3 is 21.1 Å². The number of carboxylic acids is 1. The lowest BCUT2D eigenvalue weighted by Crippen LogP contribution is -2.41. The third-order valence-electron chi connectivity index (χ3n) is 3.97. The first-order valence-corrected chi connectivity index (χ1v) is 9.32. The number of carbonyl (C=O) groups is 4. The molecule has 0 radical (unpaired) electrons. The average molecular weight is 413 g/mol. The lowest BCUT2D eigenvalue weighted by Gasteiger charge is -2.14. The maximum Gasteiger partial charge on any atom is 0.322 e. The molecule has 158 valence electrons. The fourth-order valence-electron chi connectivity index (χ4n) is 2.41. The number of nitrogens with one attached hydrogen (secondary N) is 3. The zero-order valence-electron chi connectivity index (χ0n) is 16.6. The van der Waals surface area contributed by atoms with Crippen LogP contribution < -0.4 is 16.0 Å². The van der Waals surface area contributed by atoms with Crippen molar-refractivity contribution in [2.24, 2.45) is 0 Å². The third-order valence-corrected chi connectivity index (χ3v) is 3.97. The van der Waals surface area contributed by atoms with E-state index in [0.29, 0.717) is 29.9 Å². The predicted octanol–water partition coefficient (Wildman–Crippen LogP) is 1.20. The smallest absolute Gasteiger partial charge is 0.322 e. The van der Waals surface area contributed by atoms with Crippen LogP contribution in [0, 0.1) is 0 Å². The van der Waals surface area contributed by atoms with Gasteiger partial charge in [0.25, 0.3) is 5.91 Å². The van der Waals surface area contributed by atoms with Crippen LogP contribution in [-0.4, -0.2) is 51.4 Å². The Hall–Kier alpha value is -3.82. The molecule has 2 aromatic rings. The van der Waals surface area contributed by atoms with E-state index in [-0.39, 0.29) is 17.4 Å². The summed E-state index contributed by atoms with van der Waals surface area (Å²) in [5.74, 6) is -2.21. The molecular weight excluding hydrogens is 390 g/mol. The topological polar surface area (TPSA) is 150 Å². The van der Waals surface area contributed by atoms with Crippen LogP contribution in [0.25, 0.3) is 11.4 Å². The van der Waals surface area contributed by atoms with E-state index in [1.54, 1.807) is 25.1 Å². The lowest BCUT2D eigenvalue weighted by atomic mass is 10.2. The predicted molar refractivity (Wildman–Crippen MR) is 109 cm³/mol. The maximum atomic E-state index is 12.2. The van der Waals surface area contributed by atoms with Crippen LogP contribution >= 0.6 is 0 Å². The molecule has 0 saturated heterocycles. The Morgan fingerprint density at radius 1 is 1.03 bits per heavy atom. The zero-order valence-corrected chi connectivity index (χ0v) is 16.6. The Labute approximate surface area is 173 Å². The largest absolute Gasteiger partial charge is 0.480 e. The number of carboxylic acid groups (broad SMARTS) is 1. The number of hydrogen-bond donors (Lipinski definition) is 4. The maximum absolute atomic E-state index is 12.2. The molecule has 0 saturated carbocycles. The minimum absolute atomic E-state index is 0.181. The van der Waals surface area contributed by atoms with Gasteiger partial charge in [0.2, 0.25) is 11.8 Å². The molecule has 2 aromatic heterocycles. The van der Waals surface area contributed by atoms with E-state index in [4.69, 9.17) is 5.11 Å². The number of hydrogen-bond acceptors (Lipinski definition) is 6. The van der Waals surface area contributed by atoms with Gasteiger partial charge in [0.1, 0.15) is 12.6 Å². The number of carbonyl (C=O) groups excluding carboxylic acids is 3. The number of anilines is 1. The van der Waals surface area contributed by atoms with E-state index in [0.717, 1.165) is 0 Å². The fourth-order valence-corrected chi connectivity index (χ4v) is 2.41. The van der Waals surface area contributed by atoms with E-state index in [1.807, 2.05) is 6.92 Å². The van der Waals surface area contributed by atoms with Crippen molar-refractivity contribution in [1.29, 1.82) is 0 Å². The van der Waals surface area contributed by atoms with Gasteiger partial charge in [0, 0.05) is 12.6 Å². The van der Waals surface area contributed by atoms with Crippen molar-refractivity contribution < 1.29 is 24.3 Å². The monoisotopic (exact) mass is 413 g/mol. The normalized spacial score (nSPS) is 11.3. The molecule has 2 heterocycles. The number of rotatable bonds is 9. The van der Waals surface area contributed by atoms with Crippen LogP contribution in [0.3, 0.4) is 0 Å². The summed E-state index contributed by atoms with van der Waals surface area (Å²) in [7, 11) is 0. The summed E-state index contributed by atoms with van der Waals surface area (Å²) >= 11 is 0. The van der Waals surface area contributed by atoms with E-state index in [2.05, 4.69) is 25.9 Å². The van der Waals surface area contributed by atoms with Crippen LogP contribution in [0.1, 0.15) is 37.0 Å². The second kappa shape index (κ2) is 10.6. The van der Waals surface area contributed by atoms with Crippen LogP contribution in [0.5, 0.6) is 0 Å². The second-order valence-electron chi connectivity index (χ2n) is 6.47. The number of nitrogens with zero attached hydrogens (tertiary/aromatic N) is 2. The molecule has 4 N–H and O–H groups in total. The van der Waals surface area contributed by atoms with Crippen LogP contribution in [0.4, 0.5) is 5.69 Å². The summed E-state index contributed by atoms with van der Waals surface area (Å²) in [5.41, 5.74) is 1.71. The standard InChI is InChI=1S/C20H23N5O5/c1-3-4-17(26)24-12(2)19(29)25-14-6-8-16(22-10-14)15-7-5-13(9-21-15)20(30)23-11-18(27)28/h5-10,12H,3-4,11H2,1-2H3,(H,23,30)(H,24,26)(H,25,29)(H,27,28)/t12-/m0/s1. The van der Waals surface area contributed by atoms with Gasteiger partial charge in [0.05, 0.1) is 28.8 Å². The molecule has 0 aliphatic rings. The number of aromatic nitrogens is 2. The minimum Gasteiger partial charge on any atom is -0.480 e. The molecular formula is C20H23N5O5. The number of amides is 3. The van der Waals surface area contributed by atoms with E-state index < -0.39 is 24.5 Å². The number of aliphatic carboxylic acids is 1. The van der Waals surface area contributed by atoms with Crippen LogP contribution in [0.15, 0.2) is 36.7 Å². The van der Waals surface area contributed by atoms with Gasteiger partial charge in [-0.1, -0.05) is 6.92 Å². The summed E-state index contributed by atoms with van der Waals surface area (Å²) < 4.78 is 0. The Morgan fingerprint density at radius 3 is 2.23 bits per heavy atom. The van der Waals surface area contributed by atoms with Crippen LogP contribution in [0.2, 0.25) is 0 Å². The quantitative estimate of drug-likeness (QED) is 0.482. The van der Waals surface area contributed by atoms with Crippen LogP contribution in [-0.2, 0) is 14.4 Å². The second-order valence-corrected chi connectivity index (χ2v) is 6.47. The molecule has 3 amide bonds. The minimum atomic E-state index is -1.14. The molecule has 10 nitrogen and oxygen atoms in total. The van der Waals surface area contributed by atoms with Gasteiger partial charge in [-0.2, -0.15) is 0 Å². The highest BCUT2D eigenvalue weighted by Crippen LogP contribution is 2.17. The van der Waals surface area contributed by atoms with Gasteiger partial charge in [0.15, 0.2) is 0 Å². The SMILES string of the molecule is CCCC(=O)N[C@@H](C)C(=O)Nc1ccc(-c2ccc(C(=O)NCC(=O)O)cn2)nc1. The first kappa shape index (κ1) is 22.5. The number of pyridine rings is 2. The molecule has 30 heavy (non-hydrogen) atoms. The molecule has 0 aliphatic carbocycles. The van der Waals surface area contributed by atoms with E-state index in [9.17, 15) is 19.2 Å². The first-order valence-electron chi connectivity index (χ1n) is 9.32. The third kappa shape index (κ3) is 6.66. The summed E-state index contributed by atoms with van der Waals surface area (Å²) in [6.07, 6.45) is 3.85. The van der Waals surface area contributed by atoms with Gasteiger partial charge in [-0.25, -0.2) is 0 Å². The van der Waals surface area contributed by atoms with Crippen molar-refractivity contribution in [2.45, 2.75) is 32.7 Å². The van der Waals surface area contributed by atoms with Gasteiger partial charge in [-0.3, -0.25) is 29.1 Å².